The van der Waals surface area contributed by atoms with Gasteiger partial charge in [-0.1, -0.05) is 26.7 Å². The van der Waals surface area contributed by atoms with Gasteiger partial charge in [-0.05, 0) is 12.8 Å². The number of hydrogen-bond donors (Lipinski definition) is 0. The third kappa shape index (κ3) is 5.14. The van der Waals surface area contributed by atoms with Gasteiger partial charge >= 0.3 is 0 Å². The zero-order valence-corrected chi connectivity index (χ0v) is 14.6. The Balaban J connectivity index is 1.90. The number of fused-ring (bicyclic) bond motifs is 1. The molecule has 1 aliphatic heterocycles. The van der Waals surface area contributed by atoms with E-state index in [9.17, 15) is 0 Å². The molecule has 0 atom stereocenters. The highest BCUT2D eigenvalue weighted by Crippen LogP contribution is 2.37. The van der Waals surface area contributed by atoms with Crippen LogP contribution < -0.4 is 9.47 Å². The Morgan fingerprint density at radius 2 is 1.45 bits per heavy atom. The van der Waals surface area contributed by atoms with E-state index >= 15 is 0 Å². The number of ether oxygens (including phenoxy) is 4. The van der Waals surface area contributed by atoms with Crippen molar-refractivity contribution < 1.29 is 18.9 Å². The van der Waals surface area contributed by atoms with Crippen LogP contribution in [-0.4, -0.2) is 39.6 Å². The van der Waals surface area contributed by atoms with Gasteiger partial charge in [-0.2, -0.15) is 0 Å². The topological polar surface area (TPSA) is 36.9 Å². The molecule has 22 heavy (non-hydrogen) atoms. The maximum absolute atomic E-state index is 5.94. The molecule has 0 N–H and O–H groups in total. The standard InChI is InChI=1S/C17H28O4S/c1-3-5-7-18-11-17(12-19-8-6-4-2)13-20-15-9-22-10-16(15)21-14-17/h9-10H,3-8,11-14H2,1-2H3. The van der Waals surface area contributed by atoms with Gasteiger partial charge in [0.15, 0.2) is 11.5 Å². The molecule has 2 rings (SSSR count). The fraction of sp³-hybridized carbons (Fsp3) is 0.765. The Morgan fingerprint density at radius 1 is 0.955 bits per heavy atom. The van der Waals surface area contributed by atoms with Crippen molar-refractivity contribution in [3.05, 3.63) is 10.8 Å². The van der Waals surface area contributed by atoms with Crippen molar-refractivity contribution in [2.24, 2.45) is 5.41 Å². The van der Waals surface area contributed by atoms with Crippen molar-refractivity contribution >= 4 is 11.3 Å². The number of thiophene rings is 1. The average Bonchev–Trinajstić information content (AvgIpc) is 2.92. The van der Waals surface area contributed by atoms with Gasteiger partial charge in [0.25, 0.3) is 0 Å². The highest BCUT2D eigenvalue weighted by atomic mass is 32.1. The maximum Gasteiger partial charge on any atom is 0.171 e. The SMILES string of the molecule is CCCCOCC1(COCCCC)COc2cscc2OC1. The lowest BCUT2D eigenvalue weighted by Crippen LogP contribution is -2.42. The summed E-state index contributed by atoms with van der Waals surface area (Å²) in [6, 6.07) is 0. The molecular weight excluding hydrogens is 300 g/mol. The maximum atomic E-state index is 5.94. The summed E-state index contributed by atoms with van der Waals surface area (Å²) in [6.07, 6.45) is 4.46. The lowest BCUT2D eigenvalue weighted by atomic mass is 9.92. The first kappa shape index (κ1) is 17.6. The molecule has 0 spiro atoms. The summed E-state index contributed by atoms with van der Waals surface area (Å²) in [4.78, 5) is 0. The molecule has 0 saturated carbocycles. The summed E-state index contributed by atoms with van der Waals surface area (Å²) in [5, 5.41) is 3.97. The molecule has 0 unspecified atom stereocenters. The van der Waals surface area contributed by atoms with Crippen LogP contribution in [0.2, 0.25) is 0 Å². The summed E-state index contributed by atoms with van der Waals surface area (Å²) in [7, 11) is 0. The van der Waals surface area contributed by atoms with E-state index in [1.54, 1.807) is 11.3 Å². The predicted octanol–water partition coefficient (Wildman–Crippen LogP) is 4.14. The second-order valence-corrected chi connectivity index (χ2v) is 6.73. The van der Waals surface area contributed by atoms with Crippen molar-refractivity contribution in [3.8, 4) is 11.5 Å². The van der Waals surface area contributed by atoms with Crippen LogP contribution in [0.15, 0.2) is 10.8 Å². The van der Waals surface area contributed by atoms with E-state index in [1.807, 2.05) is 10.8 Å². The highest BCUT2D eigenvalue weighted by molar-refractivity contribution is 7.08. The molecule has 0 fully saturated rings. The Bertz CT molecular complexity index is 382. The van der Waals surface area contributed by atoms with Crippen molar-refractivity contribution in [1.29, 1.82) is 0 Å². The first-order chi connectivity index (χ1) is 10.8. The van der Waals surface area contributed by atoms with Crippen LogP contribution in [0.25, 0.3) is 0 Å². The first-order valence-corrected chi connectivity index (χ1v) is 9.21. The molecule has 0 radical (unpaired) electrons. The van der Waals surface area contributed by atoms with Crippen LogP contribution in [0.3, 0.4) is 0 Å². The second kappa shape index (κ2) is 9.38. The highest BCUT2D eigenvalue weighted by Gasteiger charge is 2.36. The Kier molecular flexibility index (Phi) is 7.49. The molecule has 1 aromatic heterocycles. The van der Waals surface area contributed by atoms with Crippen molar-refractivity contribution in [1.82, 2.24) is 0 Å². The fourth-order valence-corrected chi connectivity index (χ4v) is 2.95. The monoisotopic (exact) mass is 328 g/mol. The van der Waals surface area contributed by atoms with E-state index in [1.165, 1.54) is 0 Å². The van der Waals surface area contributed by atoms with Gasteiger partial charge in [-0.3, -0.25) is 0 Å². The van der Waals surface area contributed by atoms with Crippen LogP contribution >= 0.6 is 11.3 Å². The van der Waals surface area contributed by atoms with Gasteiger partial charge in [-0.25, -0.2) is 0 Å². The molecular formula is C17H28O4S. The quantitative estimate of drug-likeness (QED) is 0.605. The van der Waals surface area contributed by atoms with E-state index in [0.29, 0.717) is 26.4 Å². The summed E-state index contributed by atoms with van der Waals surface area (Å²) >= 11 is 1.60. The summed E-state index contributed by atoms with van der Waals surface area (Å²) < 4.78 is 23.6. The molecule has 0 aromatic carbocycles. The Labute approximate surface area is 137 Å². The molecule has 0 amide bonds. The zero-order chi connectivity index (χ0) is 15.7. The lowest BCUT2D eigenvalue weighted by Gasteiger charge is -2.30. The van der Waals surface area contributed by atoms with Crippen LogP contribution in [-0.2, 0) is 9.47 Å². The van der Waals surface area contributed by atoms with Gasteiger partial charge in [0.05, 0.1) is 18.6 Å². The van der Waals surface area contributed by atoms with Gasteiger partial charge in [0.2, 0.25) is 0 Å². The molecule has 126 valence electrons. The van der Waals surface area contributed by atoms with Crippen LogP contribution in [0.4, 0.5) is 0 Å². The molecule has 2 heterocycles. The zero-order valence-electron chi connectivity index (χ0n) is 13.8. The van der Waals surface area contributed by atoms with Gasteiger partial charge in [0, 0.05) is 24.0 Å². The Morgan fingerprint density at radius 3 is 1.91 bits per heavy atom. The van der Waals surface area contributed by atoms with Gasteiger partial charge < -0.3 is 18.9 Å². The summed E-state index contributed by atoms with van der Waals surface area (Å²) in [5.74, 6) is 1.68. The van der Waals surface area contributed by atoms with Crippen LogP contribution in [0.5, 0.6) is 11.5 Å². The van der Waals surface area contributed by atoms with Crippen molar-refractivity contribution in [2.45, 2.75) is 39.5 Å². The van der Waals surface area contributed by atoms with Gasteiger partial charge in [0.1, 0.15) is 13.2 Å². The molecule has 0 saturated heterocycles. The third-order valence-electron chi connectivity index (χ3n) is 3.76. The van der Waals surface area contributed by atoms with Crippen LogP contribution in [0.1, 0.15) is 39.5 Å². The summed E-state index contributed by atoms with van der Waals surface area (Å²) in [5.41, 5.74) is -0.224. The first-order valence-electron chi connectivity index (χ1n) is 8.27. The number of hydrogen-bond acceptors (Lipinski definition) is 5. The molecule has 0 aliphatic carbocycles. The number of rotatable bonds is 10. The summed E-state index contributed by atoms with van der Waals surface area (Å²) in [6.45, 7) is 8.30. The minimum atomic E-state index is -0.224. The number of unbranched alkanes of at least 4 members (excludes halogenated alkanes) is 2. The average molecular weight is 328 g/mol. The minimum Gasteiger partial charge on any atom is -0.488 e. The lowest BCUT2D eigenvalue weighted by molar-refractivity contribution is -0.0602. The van der Waals surface area contributed by atoms with Crippen molar-refractivity contribution in [3.63, 3.8) is 0 Å². The second-order valence-electron chi connectivity index (χ2n) is 5.99. The predicted molar refractivity (Wildman–Crippen MR) is 89.2 cm³/mol. The Hall–Kier alpha value is -0.780. The third-order valence-corrected chi connectivity index (χ3v) is 4.46. The van der Waals surface area contributed by atoms with E-state index < -0.39 is 0 Å². The largest absolute Gasteiger partial charge is 0.488 e. The molecule has 5 heteroatoms. The van der Waals surface area contributed by atoms with E-state index in [-0.39, 0.29) is 5.41 Å². The smallest absolute Gasteiger partial charge is 0.171 e. The molecule has 0 bridgehead atoms. The van der Waals surface area contributed by atoms with Crippen LogP contribution in [0, 0.1) is 5.41 Å². The molecule has 1 aliphatic rings. The van der Waals surface area contributed by atoms with E-state index in [2.05, 4.69) is 13.8 Å². The minimum absolute atomic E-state index is 0.224. The van der Waals surface area contributed by atoms with Gasteiger partial charge in [-0.15, -0.1) is 11.3 Å². The molecule has 4 nitrogen and oxygen atoms in total. The molecule has 1 aromatic rings. The van der Waals surface area contributed by atoms with Crippen molar-refractivity contribution in [2.75, 3.05) is 39.6 Å². The van der Waals surface area contributed by atoms with E-state index in [0.717, 1.165) is 50.4 Å². The van der Waals surface area contributed by atoms with E-state index in [4.69, 9.17) is 18.9 Å². The fourth-order valence-electron chi connectivity index (χ4n) is 2.27. The normalized spacial score (nSPS) is 16.5.